The molecule has 0 bridgehead atoms. The van der Waals surface area contributed by atoms with Gasteiger partial charge in [-0.25, -0.2) is 0 Å². The minimum absolute atomic E-state index is 0.0935. The van der Waals surface area contributed by atoms with E-state index in [9.17, 15) is 10.1 Å². The van der Waals surface area contributed by atoms with Crippen LogP contribution in [0.25, 0.3) is 0 Å². The second kappa shape index (κ2) is 7.33. The number of carbonyl (C=O) groups is 1. The summed E-state index contributed by atoms with van der Waals surface area (Å²) < 4.78 is 17.3. The van der Waals surface area contributed by atoms with Crippen LogP contribution < -0.4 is 0 Å². The largest absolute Gasteiger partial charge is 0.465 e. The lowest BCUT2D eigenvalue weighted by atomic mass is 9.77. The zero-order chi connectivity index (χ0) is 17.0. The van der Waals surface area contributed by atoms with E-state index >= 15 is 0 Å². The molecule has 1 aliphatic carbocycles. The molecule has 128 valence electrons. The predicted molar refractivity (Wildman–Crippen MR) is 86.4 cm³/mol. The molecule has 2 atom stereocenters. The Morgan fingerprint density at radius 1 is 1.38 bits per heavy atom. The average molecular weight is 329 g/mol. The fourth-order valence-electron chi connectivity index (χ4n) is 3.67. The molecule has 2 aliphatic rings. The number of fused-ring (bicyclic) bond motifs is 1. The van der Waals surface area contributed by atoms with E-state index in [0.717, 1.165) is 30.4 Å². The minimum Gasteiger partial charge on any atom is -0.465 e. The van der Waals surface area contributed by atoms with E-state index in [1.165, 1.54) is 0 Å². The first kappa shape index (κ1) is 16.9. The summed E-state index contributed by atoms with van der Waals surface area (Å²) in [6.07, 6.45) is 3.04. The molecular weight excluding hydrogens is 306 g/mol. The van der Waals surface area contributed by atoms with Gasteiger partial charge in [0.1, 0.15) is 5.92 Å². The van der Waals surface area contributed by atoms with Crippen LogP contribution in [0.5, 0.6) is 0 Å². The summed E-state index contributed by atoms with van der Waals surface area (Å²) in [6, 6.07) is 10.2. The van der Waals surface area contributed by atoms with Crippen molar-refractivity contribution in [2.75, 3.05) is 6.61 Å². The molecule has 5 heteroatoms. The van der Waals surface area contributed by atoms with Gasteiger partial charge in [-0.1, -0.05) is 24.3 Å². The fourth-order valence-corrected chi connectivity index (χ4v) is 3.67. The van der Waals surface area contributed by atoms with Crippen molar-refractivity contribution in [1.29, 1.82) is 5.26 Å². The van der Waals surface area contributed by atoms with Gasteiger partial charge in [0.15, 0.2) is 5.79 Å². The Labute approximate surface area is 142 Å². The third kappa shape index (κ3) is 3.45. The maximum absolute atomic E-state index is 12.1. The van der Waals surface area contributed by atoms with Gasteiger partial charge in [0, 0.05) is 12.8 Å². The molecule has 1 aliphatic heterocycles. The van der Waals surface area contributed by atoms with Gasteiger partial charge in [0.2, 0.25) is 0 Å². The van der Waals surface area contributed by atoms with E-state index in [-0.39, 0.29) is 12.5 Å². The Kier molecular flexibility index (Phi) is 5.17. The smallest absolute Gasteiger partial charge is 0.323 e. The topological polar surface area (TPSA) is 68.6 Å². The molecule has 0 aromatic heterocycles. The molecule has 0 saturated heterocycles. The molecule has 0 amide bonds. The Morgan fingerprint density at radius 3 is 2.62 bits per heavy atom. The molecule has 0 N–H and O–H groups in total. The van der Waals surface area contributed by atoms with Gasteiger partial charge in [0.25, 0.3) is 0 Å². The number of hydrogen-bond acceptors (Lipinski definition) is 5. The second-order valence-corrected chi connectivity index (χ2v) is 6.47. The number of nitrogens with zero attached hydrogens (tertiary/aromatic N) is 1. The molecule has 24 heavy (non-hydrogen) atoms. The molecule has 1 aromatic rings. The molecule has 0 radical (unpaired) electrons. The number of rotatable bonds is 3. The van der Waals surface area contributed by atoms with Gasteiger partial charge in [-0.2, -0.15) is 5.26 Å². The van der Waals surface area contributed by atoms with Gasteiger partial charge in [-0.3, -0.25) is 4.79 Å². The van der Waals surface area contributed by atoms with E-state index in [2.05, 4.69) is 18.2 Å². The van der Waals surface area contributed by atoms with Crippen LogP contribution in [0.1, 0.15) is 43.7 Å². The highest BCUT2D eigenvalue weighted by Crippen LogP contribution is 2.42. The van der Waals surface area contributed by atoms with Gasteiger partial charge in [-0.05, 0) is 36.8 Å². The monoisotopic (exact) mass is 329 g/mol. The lowest BCUT2D eigenvalue weighted by Gasteiger charge is -2.40. The van der Waals surface area contributed by atoms with Crippen LogP contribution in [-0.4, -0.2) is 18.4 Å². The van der Waals surface area contributed by atoms with Crippen LogP contribution in [0.2, 0.25) is 0 Å². The number of esters is 1. The van der Waals surface area contributed by atoms with Crippen molar-refractivity contribution >= 4 is 5.97 Å². The van der Waals surface area contributed by atoms with Gasteiger partial charge in [-0.15, -0.1) is 0 Å². The summed E-state index contributed by atoms with van der Waals surface area (Å²) in [5, 5.41) is 9.43. The standard InChI is InChI=1S/C19H23NO4/c1-2-22-18(21)17(11-20)14-8-5-9-19(10-14)23-12-15-6-3-4-7-16(15)13-24-19/h3-4,6-7,14,17H,2,5,8-10,12-13H2,1H3/t14-,17?/m0/s1. The van der Waals surface area contributed by atoms with Crippen LogP contribution in [-0.2, 0) is 32.2 Å². The minimum atomic E-state index is -0.750. The molecule has 1 fully saturated rings. The van der Waals surface area contributed by atoms with Crippen LogP contribution in [0.4, 0.5) is 0 Å². The first-order chi connectivity index (χ1) is 11.7. The van der Waals surface area contributed by atoms with E-state index < -0.39 is 17.7 Å². The first-order valence-corrected chi connectivity index (χ1v) is 8.58. The van der Waals surface area contributed by atoms with Crippen molar-refractivity contribution in [3.63, 3.8) is 0 Å². The van der Waals surface area contributed by atoms with Gasteiger partial charge >= 0.3 is 5.97 Å². The Hall–Kier alpha value is -1.90. The zero-order valence-electron chi connectivity index (χ0n) is 14.0. The Bertz CT molecular complexity index is 609. The summed E-state index contributed by atoms with van der Waals surface area (Å²) in [5.41, 5.74) is 2.28. The van der Waals surface area contributed by atoms with Crippen molar-refractivity contribution in [2.45, 2.75) is 51.6 Å². The van der Waals surface area contributed by atoms with Crippen molar-refractivity contribution < 1.29 is 19.0 Å². The van der Waals surface area contributed by atoms with E-state index in [0.29, 0.717) is 19.6 Å². The molecule has 3 rings (SSSR count). The summed E-state index contributed by atoms with van der Waals surface area (Å²) in [4.78, 5) is 12.1. The summed E-state index contributed by atoms with van der Waals surface area (Å²) in [7, 11) is 0. The molecule has 1 heterocycles. The summed E-state index contributed by atoms with van der Waals surface area (Å²) in [5.74, 6) is -1.98. The highest BCUT2D eigenvalue weighted by molar-refractivity contribution is 5.75. The highest BCUT2D eigenvalue weighted by Gasteiger charge is 2.44. The number of hydrogen-bond donors (Lipinski definition) is 0. The summed E-state index contributed by atoms with van der Waals surface area (Å²) in [6.45, 7) is 3.04. The lowest BCUT2D eigenvalue weighted by molar-refractivity contribution is -0.267. The first-order valence-electron chi connectivity index (χ1n) is 8.58. The molecule has 1 spiro atoms. The fraction of sp³-hybridized carbons (Fsp3) is 0.579. The number of nitriles is 1. The molecule has 1 saturated carbocycles. The molecule has 5 nitrogen and oxygen atoms in total. The van der Waals surface area contributed by atoms with Crippen molar-refractivity contribution in [1.82, 2.24) is 0 Å². The highest BCUT2D eigenvalue weighted by atomic mass is 16.7. The molecule has 1 unspecified atom stereocenters. The van der Waals surface area contributed by atoms with Crippen molar-refractivity contribution in [3.05, 3.63) is 35.4 Å². The van der Waals surface area contributed by atoms with Crippen LogP contribution >= 0.6 is 0 Å². The molecular formula is C19H23NO4. The Balaban J connectivity index is 1.73. The second-order valence-electron chi connectivity index (χ2n) is 6.47. The van der Waals surface area contributed by atoms with Crippen molar-refractivity contribution in [3.8, 4) is 6.07 Å². The maximum atomic E-state index is 12.1. The third-order valence-electron chi connectivity index (χ3n) is 4.96. The van der Waals surface area contributed by atoms with Crippen LogP contribution in [0, 0.1) is 23.2 Å². The normalized spacial score (nSPS) is 23.6. The number of carbonyl (C=O) groups excluding carboxylic acids is 1. The van der Waals surface area contributed by atoms with Crippen LogP contribution in [0.15, 0.2) is 24.3 Å². The zero-order valence-corrected chi connectivity index (χ0v) is 14.0. The maximum Gasteiger partial charge on any atom is 0.323 e. The number of ether oxygens (including phenoxy) is 3. The van der Waals surface area contributed by atoms with E-state index in [1.807, 2.05) is 12.1 Å². The van der Waals surface area contributed by atoms with Gasteiger partial charge in [0.05, 0.1) is 25.9 Å². The van der Waals surface area contributed by atoms with E-state index in [4.69, 9.17) is 14.2 Å². The summed E-state index contributed by atoms with van der Waals surface area (Å²) >= 11 is 0. The Morgan fingerprint density at radius 2 is 2.04 bits per heavy atom. The van der Waals surface area contributed by atoms with Crippen molar-refractivity contribution in [2.24, 2.45) is 11.8 Å². The predicted octanol–water partition coefficient (Wildman–Crippen LogP) is 3.32. The van der Waals surface area contributed by atoms with Crippen LogP contribution in [0.3, 0.4) is 0 Å². The van der Waals surface area contributed by atoms with E-state index in [1.54, 1.807) is 6.92 Å². The number of benzene rings is 1. The lowest BCUT2D eigenvalue weighted by Crippen LogP contribution is -2.43. The molecule has 1 aromatic carbocycles. The van der Waals surface area contributed by atoms with Gasteiger partial charge < -0.3 is 14.2 Å². The quantitative estimate of drug-likeness (QED) is 0.796. The SMILES string of the molecule is CCOC(=O)C(C#N)[C@H]1CCCC2(C1)OCc1ccccc1CO2. The third-order valence-corrected chi connectivity index (χ3v) is 4.96. The average Bonchev–Trinajstić information content (AvgIpc) is 2.77.